The highest BCUT2D eigenvalue weighted by Crippen LogP contribution is 2.63. The first kappa shape index (κ1) is 42.4. The van der Waals surface area contributed by atoms with E-state index in [9.17, 15) is 39.3 Å². The van der Waals surface area contributed by atoms with Gasteiger partial charge in [0.15, 0.2) is 0 Å². The molecule has 3 aliphatic heterocycles. The van der Waals surface area contributed by atoms with Gasteiger partial charge in [-0.05, 0) is 89.7 Å². The van der Waals surface area contributed by atoms with Crippen LogP contribution < -0.4 is 9.64 Å². The summed E-state index contributed by atoms with van der Waals surface area (Å²) < 4.78 is 10.7. The number of phenols is 2. The minimum Gasteiger partial charge on any atom is -0.508 e. The molecule has 2 saturated heterocycles. The Morgan fingerprint density at radius 1 is 0.810 bits per heavy atom. The molecule has 0 aromatic heterocycles. The number of amides is 2. The predicted octanol–water partition coefficient (Wildman–Crippen LogP) is 9.31. The van der Waals surface area contributed by atoms with Gasteiger partial charge in [0.05, 0.1) is 34.9 Å². The average Bonchev–Trinajstić information content (AvgIpc) is 3.51. The molecule has 1 saturated carbocycles. The molecule has 0 spiro atoms. The van der Waals surface area contributed by atoms with Crippen LogP contribution in [0.2, 0.25) is 0 Å². The molecule has 11 heteroatoms. The number of hydrogen-bond acceptors (Lipinski definition) is 9. The van der Waals surface area contributed by atoms with Gasteiger partial charge in [-0.15, -0.1) is 0 Å². The Balaban J connectivity index is 0.000000344. The number of fused-ring (bicyclic) bond motifs is 2. The lowest BCUT2D eigenvalue weighted by Crippen LogP contribution is -2.32. The molecule has 11 nitrogen and oxygen atoms in total. The number of aromatic hydroxyl groups is 2. The number of anilines is 1. The lowest BCUT2D eigenvalue weighted by molar-refractivity contribution is -0.154. The number of phenolic OH excluding ortho intramolecular Hbond substituents is 2. The van der Waals surface area contributed by atoms with Gasteiger partial charge in [-0.25, -0.2) is 4.79 Å². The third-order valence-electron chi connectivity index (χ3n) is 13.5. The van der Waals surface area contributed by atoms with Crippen LogP contribution in [0.5, 0.6) is 23.0 Å². The summed E-state index contributed by atoms with van der Waals surface area (Å²) in [6.07, 6.45) is 2.20. The van der Waals surface area contributed by atoms with Gasteiger partial charge in [-0.1, -0.05) is 81.4 Å². The third-order valence-corrected chi connectivity index (χ3v) is 13.5. The first-order chi connectivity index (χ1) is 27.1. The van der Waals surface area contributed by atoms with Crippen molar-refractivity contribution in [2.75, 3.05) is 4.90 Å². The molecule has 3 aromatic carbocycles. The maximum atomic E-state index is 14.3. The highest BCUT2D eigenvalue weighted by atomic mass is 16.6. The van der Waals surface area contributed by atoms with E-state index in [4.69, 9.17) is 4.74 Å². The smallest absolute Gasteiger partial charge is 0.335 e. The Labute approximate surface area is 340 Å². The molecule has 1 aliphatic carbocycles. The Bertz CT molecular complexity index is 2100. The molecule has 58 heavy (non-hydrogen) atoms. The summed E-state index contributed by atoms with van der Waals surface area (Å²) >= 11 is 0. The van der Waals surface area contributed by atoms with E-state index in [0.717, 1.165) is 12.8 Å². The Morgan fingerprint density at radius 3 is 1.86 bits per heavy atom. The van der Waals surface area contributed by atoms with E-state index in [0.29, 0.717) is 58.1 Å². The highest BCUT2D eigenvalue weighted by molar-refractivity contribution is 6.22. The second-order valence-electron chi connectivity index (χ2n) is 18.9. The number of carbonyl (C=O) groups excluding carboxylic acids is 4. The molecule has 0 radical (unpaired) electrons. The van der Waals surface area contributed by atoms with Crippen molar-refractivity contribution in [2.45, 2.75) is 94.4 Å². The van der Waals surface area contributed by atoms with Crippen LogP contribution in [0.25, 0.3) is 0 Å². The molecule has 3 aromatic rings. The molecule has 7 rings (SSSR count). The summed E-state index contributed by atoms with van der Waals surface area (Å²) in [5, 5.41) is 30.7. The van der Waals surface area contributed by atoms with E-state index in [-0.39, 0.29) is 69.4 Å². The van der Waals surface area contributed by atoms with Crippen molar-refractivity contribution >= 4 is 35.4 Å². The molecule has 4 unspecified atom stereocenters. The zero-order valence-electron chi connectivity index (χ0n) is 35.2. The maximum absolute atomic E-state index is 14.3. The molecule has 310 valence electrons. The SMILES string of the molecule is CC(C)C(C)(C)CC1C(=O)N(c2ccc(C(=O)O)c(C3c4ccc(O)cc4Oc4cc(O)ccc43)c2)C(=O)C1[C@]1(C)CC1C.CC(C)CC1C(=O)OC(=O)[C@@H]1C(C)C. The fourth-order valence-corrected chi connectivity index (χ4v) is 9.25. The van der Waals surface area contributed by atoms with Crippen molar-refractivity contribution < 1.29 is 48.8 Å². The standard InChI is InChI=1S/C36H39NO7.C11H18O3/c1-18(2)35(4,5)17-27-31(36(6)16-19(36)3)33(41)37(32(27)40)20-7-10-23(34(42)43)26(13-20)30-24-11-8-21(38)14-28(24)44-29-15-22(39)9-12-25(29)30;1-6(2)5-8-9(7(3)4)11(13)14-10(8)12/h7-15,18-19,27,30-31,38-39H,16-17H2,1-6H3,(H,42,43);6-9H,5H2,1-4H3/t19?,27?,31?,36-;8?,9-/m11/s1. The van der Waals surface area contributed by atoms with Crippen molar-refractivity contribution in [1.82, 2.24) is 0 Å². The number of hydrogen-bond donors (Lipinski definition) is 3. The molecule has 3 fully saturated rings. The summed E-state index contributed by atoms with van der Waals surface area (Å²) in [5.41, 5.74) is 1.47. The van der Waals surface area contributed by atoms with Crippen molar-refractivity contribution in [1.29, 1.82) is 0 Å². The van der Waals surface area contributed by atoms with E-state index in [1.165, 1.54) is 35.2 Å². The molecule has 3 N–H and O–H groups in total. The van der Waals surface area contributed by atoms with E-state index in [2.05, 4.69) is 46.3 Å². The number of carboxylic acids is 1. The Hall–Kier alpha value is -5.19. The van der Waals surface area contributed by atoms with Crippen molar-refractivity contribution in [2.24, 2.45) is 58.2 Å². The van der Waals surface area contributed by atoms with E-state index in [1.54, 1.807) is 24.3 Å². The van der Waals surface area contributed by atoms with Gasteiger partial charge in [0.25, 0.3) is 0 Å². The molecular formula is C47H57NO10. The van der Waals surface area contributed by atoms with Crippen LogP contribution in [0.3, 0.4) is 0 Å². The predicted molar refractivity (Wildman–Crippen MR) is 218 cm³/mol. The summed E-state index contributed by atoms with van der Waals surface area (Å²) in [4.78, 5) is 65.3. The largest absolute Gasteiger partial charge is 0.508 e. The van der Waals surface area contributed by atoms with Gasteiger partial charge in [-0.2, -0.15) is 0 Å². The summed E-state index contributed by atoms with van der Waals surface area (Å²) in [6, 6.07) is 13.9. The zero-order chi connectivity index (χ0) is 42.8. The maximum Gasteiger partial charge on any atom is 0.335 e. The molecule has 3 heterocycles. The van der Waals surface area contributed by atoms with Crippen LogP contribution in [0.4, 0.5) is 5.69 Å². The number of imide groups is 1. The van der Waals surface area contributed by atoms with Crippen molar-refractivity contribution in [3.8, 4) is 23.0 Å². The van der Waals surface area contributed by atoms with Crippen LogP contribution in [-0.2, 0) is 23.9 Å². The number of nitrogens with zero attached hydrogens (tertiary/aromatic N) is 1. The molecule has 2 amide bonds. The fraction of sp³-hybridized carbons (Fsp3) is 0.511. The van der Waals surface area contributed by atoms with Crippen molar-refractivity contribution in [3.05, 3.63) is 76.9 Å². The zero-order valence-corrected chi connectivity index (χ0v) is 35.2. The summed E-state index contributed by atoms with van der Waals surface area (Å²) in [6.45, 7) is 20.8. The second kappa shape index (κ2) is 15.5. The number of ether oxygens (including phenoxy) is 2. The quantitative estimate of drug-likeness (QED) is 0.0799. The third kappa shape index (κ3) is 7.72. The normalized spacial score (nSPS) is 25.4. The van der Waals surface area contributed by atoms with Crippen LogP contribution >= 0.6 is 0 Å². The first-order valence-corrected chi connectivity index (χ1v) is 20.4. The average molecular weight is 796 g/mol. The number of carboxylic acid groups (broad SMARTS) is 1. The number of aromatic carboxylic acids is 1. The number of rotatable bonds is 10. The second-order valence-corrected chi connectivity index (χ2v) is 18.9. The van der Waals surface area contributed by atoms with Crippen molar-refractivity contribution in [3.63, 3.8) is 0 Å². The van der Waals surface area contributed by atoms with E-state index < -0.39 is 23.7 Å². The fourth-order valence-electron chi connectivity index (χ4n) is 9.25. The van der Waals surface area contributed by atoms with Crippen LogP contribution in [-0.4, -0.2) is 45.0 Å². The minimum atomic E-state index is -1.16. The highest BCUT2D eigenvalue weighted by Gasteiger charge is 2.64. The monoisotopic (exact) mass is 795 g/mol. The molecule has 4 aliphatic rings. The lowest BCUT2D eigenvalue weighted by Gasteiger charge is -2.34. The Kier molecular flexibility index (Phi) is 11.4. The number of cyclic esters (lactones) is 2. The van der Waals surface area contributed by atoms with Gasteiger partial charge < -0.3 is 24.8 Å². The van der Waals surface area contributed by atoms with Crippen LogP contribution in [0.15, 0.2) is 54.6 Å². The molecule has 6 atom stereocenters. The Morgan fingerprint density at radius 2 is 1.38 bits per heavy atom. The number of benzene rings is 3. The number of carbonyl (C=O) groups is 5. The first-order valence-electron chi connectivity index (χ1n) is 20.4. The minimum absolute atomic E-state index is 0.00890. The molecule has 0 bridgehead atoms. The van der Waals surface area contributed by atoms with E-state index in [1.807, 2.05) is 27.7 Å². The van der Waals surface area contributed by atoms with Gasteiger partial charge in [0.2, 0.25) is 11.8 Å². The van der Waals surface area contributed by atoms with Crippen LogP contribution in [0, 0.1) is 58.2 Å². The molecular weight excluding hydrogens is 739 g/mol. The van der Waals surface area contributed by atoms with Gasteiger partial charge in [0, 0.05) is 29.2 Å². The van der Waals surface area contributed by atoms with Gasteiger partial charge >= 0.3 is 17.9 Å². The summed E-state index contributed by atoms with van der Waals surface area (Å²) in [5.74, 6) is -2.59. The lowest BCUT2D eigenvalue weighted by atomic mass is 9.69. The van der Waals surface area contributed by atoms with Gasteiger partial charge in [0.1, 0.15) is 23.0 Å². The van der Waals surface area contributed by atoms with Gasteiger partial charge in [-0.3, -0.25) is 24.1 Å². The van der Waals surface area contributed by atoms with E-state index >= 15 is 0 Å². The number of esters is 2. The summed E-state index contributed by atoms with van der Waals surface area (Å²) in [7, 11) is 0. The van der Waals surface area contributed by atoms with Crippen LogP contribution in [0.1, 0.15) is 121 Å². The topological polar surface area (TPSA) is 168 Å².